The molecular formula is C27H24ClN7O2. The van der Waals surface area contributed by atoms with Crippen LogP contribution in [0.15, 0.2) is 66.9 Å². The van der Waals surface area contributed by atoms with E-state index in [9.17, 15) is 9.59 Å². The summed E-state index contributed by atoms with van der Waals surface area (Å²) in [7, 11) is 0. The van der Waals surface area contributed by atoms with Gasteiger partial charge in [0.25, 0.3) is 11.8 Å². The Labute approximate surface area is 218 Å². The van der Waals surface area contributed by atoms with Crippen molar-refractivity contribution in [3.8, 4) is 0 Å². The van der Waals surface area contributed by atoms with Crippen molar-refractivity contribution in [3.63, 3.8) is 0 Å². The summed E-state index contributed by atoms with van der Waals surface area (Å²) in [4.78, 5) is 38.5. The first-order chi connectivity index (χ1) is 17.3. The van der Waals surface area contributed by atoms with E-state index in [1.54, 1.807) is 54.6 Å². The van der Waals surface area contributed by atoms with E-state index in [0.717, 1.165) is 33.2 Å². The number of amides is 2. The molecule has 0 fully saturated rings. The molecule has 0 saturated carbocycles. The SMILES string of the molecule is Cc1cc(N)c2cc(NC(=O)c3ccc(C(=O)Nc4ccc5nc(C)cc(N)c5c4)nc3)ccc2n1.Cl. The highest BCUT2D eigenvalue weighted by molar-refractivity contribution is 6.07. The number of hydrogen-bond acceptors (Lipinski definition) is 7. The number of anilines is 4. The molecule has 37 heavy (non-hydrogen) atoms. The van der Waals surface area contributed by atoms with Crippen molar-refractivity contribution < 1.29 is 9.59 Å². The molecule has 5 rings (SSSR count). The molecule has 0 spiro atoms. The first-order valence-electron chi connectivity index (χ1n) is 11.2. The number of carbonyl (C=O) groups is 2. The number of carbonyl (C=O) groups excluding carboxylic acids is 2. The number of halogens is 1. The van der Waals surface area contributed by atoms with Crippen LogP contribution in [0.25, 0.3) is 21.8 Å². The number of aromatic nitrogens is 3. The maximum atomic E-state index is 12.7. The fourth-order valence-corrected chi connectivity index (χ4v) is 4.00. The molecule has 3 aromatic heterocycles. The number of nitrogens with two attached hydrogens (primary N) is 2. The third-order valence-electron chi connectivity index (χ3n) is 5.71. The zero-order valence-electron chi connectivity index (χ0n) is 20.1. The lowest BCUT2D eigenvalue weighted by molar-refractivity contribution is 0.101. The Bertz CT molecular complexity index is 1550. The van der Waals surface area contributed by atoms with Crippen molar-refractivity contribution in [2.24, 2.45) is 0 Å². The van der Waals surface area contributed by atoms with Crippen LogP contribution in [0.1, 0.15) is 32.2 Å². The fourth-order valence-electron chi connectivity index (χ4n) is 4.00. The van der Waals surface area contributed by atoms with Crippen LogP contribution in [-0.4, -0.2) is 26.8 Å². The number of nitrogens with one attached hydrogen (secondary N) is 2. The van der Waals surface area contributed by atoms with E-state index in [1.165, 1.54) is 12.3 Å². The maximum Gasteiger partial charge on any atom is 0.274 e. The number of fused-ring (bicyclic) bond motifs is 2. The summed E-state index contributed by atoms with van der Waals surface area (Å²) in [5.74, 6) is -0.770. The average Bonchev–Trinajstić information content (AvgIpc) is 2.84. The molecule has 186 valence electrons. The van der Waals surface area contributed by atoms with Crippen molar-refractivity contribution in [1.82, 2.24) is 15.0 Å². The van der Waals surface area contributed by atoms with Crippen LogP contribution in [0, 0.1) is 13.8 Å². The number of nitrogens with zero attached hydrogens (tertiary/aromatic N) is 3. The predicted molar refractivity (Wildman–Crippen MR) is 149 cm³/mol. The van der Waals surface area contributed by atoms with E-state index in [-0.39, 0.29) is 24.0 Å². The second kappa shape index (κ2) is 10.1. The lowest BCUT2D eigenvalue weighted by atomic mass is 10.1. The van der Waals surface area contributed by atoms with Gasteiger partial charge in [-0.25, -0.2) is 0 Å². The molecule has 0 aliphatic heterocycles. The molecule has 5 aromatic rings. The highest BCUT2D eigenvalue weighted by Crippen LogP contribution is 2.25. The number of nitrogen functional groups attached to an aromatic ring is 2. The van der Waals surface area contributed by atoms with Crippen molar-refractivity contribution >= 4 is 68.8 Å². The third-order valence-corrected chi connectivity index (χ3v) is 5.71. The van der Waals surface area contributed by atoms with Crippen molar-refractivity contribution in [2.45, 2.75) is 13.8 Å². The topological polar surface area (TPSA) is 149 Å². The van der Waals surface area contributed by atoms with E-state index < -0.39 is 5.91 Å². The van der Waals surface area contributed by atoms with Gasteiger partial charge in [-0.05, 0) is 74.5 Å². The lowest BCUT2D eigenvalue weighted by Crippen LogP contribution is -2.16. The van der Waals surface area contributed by atoms with Crippen LogP contribution in [-0.2, 0) is 0 Å². The Hall–Kier alpha value is -4.76. The highest BCUT2D eigenvalue weighted by Gasteiger charge is 2.13. The molecule has 2 amide bonds. The minimum Gasteiger partial charge on any atom is -0.398 e. The zero-order chi connectivity index (χ0) is 25.4. The van der Waals surface area contributed by atoms with E-state index in [0.29, 0.717) is 28.3 Å². The Kier molecular flexibility index (Phi) is 6.90. The number of pyridine rings is 3. The molecule has 9 nitrogen and oxygen atoms in total. The van der Waals surface area contributed by atoms with Crippen LogP contribution in [0.4, 0.5) is 22.7 Å². The van der Waals surface area contributed by atoms with Gasteiger partial charge in [0.1, 0.15) is 5.69 Å². The van der Waals surface area contributed by atoms with E-state index in [4.69, 9.17) is 11.5 Å². The number of hydrogen-bond donors (Lipinski definition) is 4. The molecular weight excluding hydrogens is 490 g/mol. The maximum absolute atomic E-state index is 12.7. The molecule has 0 unspecified atom stereocenters. The van der Waals surface area contributed by atoms with E-state index >= 15 is 0 Å². The van der Waals surface area contributed by atoms with Crippen LogP contribution < -0.4 is 22.1 Å². The molecule has 3 heterocycles. The summed E-state index contributed by atoms with van der Waals surface area (Å²) >= 11 is 0. The molecule has 0 bridgehead atoms. The third kappa shape index (κ3) is 5.26. The predicted octanol–water partition coefficient (Wildman–Crippen LogP) is 4.89. The summed E-state index contributed by atoms with van der Waals surface area (Å²) in [5, 5.41) is 7.13. The second-order valence-electron chi connectivity index (χ2n) is 8.51. The smallest absolute Gasteiger partial charge is 0.274 e. The molecule has 0 radical (unpaired) electrons. The van der Waals surface area contributed by atoms with Gasteiger partial charge in [0.2, 0.25) is 0 Å². The first-order valence-corrected chi connectivity index (χ1v) is 11.2. The summed E-state index contributed by atoms with van der Waals surface area (Å²) < 4.78 is 0. The minimum absolute atomic E-state index is 0. The van der Waals surface area contributed by atoms with Gasteiger partial charge in [-0.1, -0.05) is 0 Å². The van der Waals surface area contributed by atoms with Crippen LogP contribution >= 0.6 is 12.4 Å². The molecule has 0 aliphatic carbocycles. The monoisotopic (exact) mass is 513 g/mol. The molecule has 0 atom stereocenters. The van der Waals surface area contributed by atoms with Gasteiger partial charge in [-0.3, -0.25) is 24.5 Å². The number of aryl methyl sites for hydroxylation is 2. The highest BCUT2D eigenvalue weighted by atomic mass is 35.5. The Morgan fingerprint density at radius 1 is 0.703 bits per heavy atom. The van der Waals surface area contributed by atoms with Gasteiger partial charge in [0.15, 0.2) is 0 Å². The largest absolute Gasteiger partial charge is 0.398 e. The summed E-state index contributed by atoms with van der Waals surface area (Å²) in [6.07, 6.45) is 1.36. The molecule has 6 N–H and O–H groups in total. The second-order valence-corrected chi connectivity index (χ2v) is 8.51. The minimum atomic E-state index is -0.409. The van der Waals surface area contributed by atoms with Gasteiger partial charge in [-0.2, -0.15) is 0 Å². The summed E-state index contributed by atoms with van der Waals surface area (Å²) in [6.45, 7) is 3.75. The standard InChI is InChI=1S/C27H23N7O2.ClH/c1-14-9-21(28)19-11-17(4-7-23(19)31-14)33-26(35)16-3-6-25(30-13-16)27(36)34-18-5-8-24-20(12-18)22(29)10-15(2)32-24;/h3-13H,1-2H3,(H2,28,31)(H2,29,32)(H,33,35)(H,34,36);1H. The van der Waals surface area contributed by atoms with E-state index in [2.05, 4.69) is 25.6 Å². The quantitative estimate of drug-likeness (QED) is 0.267. The average molecular weight is 514 g/mol. The van der Waals surface area contributed by atoms with E-state index in [1.807, 2.05) is 13.8 Å². The van der Waals surface area contributed by atoms with Crippen molar-refractivity contribution in [1.29, 1.82) is 0 Å². The van der Waals surface area contributed by atoms with Crippen LogP contribution in [0.3, 0.4) is 0 Å². The van der Waals surface area contributed by atoms with Gasteiger partial charge in [-0.15, -0.1) is 12.4 Å². The number of rotatable bonds is 4. The lowest BCUT2D eigenvalue weighted by Gasteiger charge is -2.10. The first kappa shape index (κ1) is 25.3. The fraction of sp³-hybridized carbons (Fsp3) is 0.0741. The Morgan fingerprint density at radius 2 is 1.22 bits per heavy atom. The van der Waals surface area contributed by atoms with Crippen molar-refractivity contribution in [2.75, 3.05) is 22.1 Å². The molecule has 0 saturated heterocycles. The van der Waals surface area contributed by atoms with Crippen molar-refractivity contribution in [3.05, 3.63) is 89.5 Å². The number of benzene rings is 2. The normalized spacial score (nSPS) is 10.6. The Morgan fingerprint density at radius 3 is 1.70 bits per heavy atom. The van der Waals surface area contributed by atoms with Crippen LogP contribution in [0.2, 0.25) is 0 Å². The van der Waals surface area contributed by atoms with Gasteiger partial charge in [0.05, 0.1) is 16.6 Å². The molecule has 10 heteroatoms. The van der Waals surface area contributed by atoms with Gasteiger partial charge < -0.3 is 22.1 Å². The molecule has 0 aliphatic rings. The van der Waals surface area contributed by atoms with Gasteiger partial charge in [0, 0.05) is 51.1 Å². The summed E-state index contributed by atoms with van der Waals surface area (Å²) in [5.41, 5.74) is 18.1. The van der Waals surface area contributed by atoms with Gasteiger partial charge >= 0.3 is 0 Å². The summed E-state index contributed by atoms with van der Waals surface area (Å²) in [6, 6.07) is 17.3. The molecule has 2 aromatic carbocycles. The Balaban J connectivity index is 0.00000320. The van der Waals surface area contributed by atoms with Crippen LogP contribution in [0.5, 0.6) is 0 Å². The zero-order valence-corrected chi connectivity index (χ0v) is 20.9.